The van der Waals surface area contributed by atoms with Crippen molar-refractivity contribution in [2.24, 2.45) is 0 Å². The summed E-state index contributed by atoms with van der Waals surface area (Å²) in [5.74, 6) is -1.58. The molecule has 0 saturated heterocycles. The van der Waals surface area contributed by atoms with Gasteiger partial charge in [-0.3, -0.25) is 4.79 Å². The molecule has 0 aliphatic rings. The van der Waals surface area contributed by atoms with Crippen molar-refractivity contribution in [2.75, 3.05) is 13.7 Å². The van der Waals surface area contributed by atoms with Crippen molar-refractivity contribution < 1.29 is 19.4 Å². The van der Waals surface area contributed by atoms with Crippen LogP contribution in [0.4, 0.5) is 0 Å². The summed E-state index contributed by atoms with van der Waals surface area (Å²) >= 11 is 8.72. The Morgan fingerprint density at radius 3 is 2.78 bits per heavy atom. The molecule has 0 spiro atoms. The van der Waals surface area contributed by atoms with Crippen LogP contribution < -0.4 is 5.32 Å². The van der Waals surface area contributed by atoms with Gasteiger partial charge >= 0.3 is 5.97 Å². The highest BCUT2D eigenvalue weighted by Crippen LogP contribution is 2.32. The summed E-state index contributed by atoms with van der Waals surface area (Å²) in [6.45, 7) is 1.28. The molecule has 0 saturated carbocycles. The first-order valence-corrected chi connectivity index (χ1v) is 8.65. The molecule has 1 atom stereocenters. The van der Waals surface area contributed by atoms with Gasteiger partial charge < -0.3 is 15.2 Å². The van der Waals surface area contributed by atoms with E-state index in [-0.39, 0.29) is 13.0 Å². The Morgan fingerprint density at radius 2 is 2.22 bits per heavy atom. The van der Waals surface area contributed by atoms with Crippen LogP contribution in [0.2, 0.25) is 4.34 Å². The van der Waals surface area contributed by atoms with Gasteiger partial charge in [0.2, 0.25) is 5.91 Å². The zero-order chi connectivity index (χ0) is 17.0. The summed E-state index contributed by atoms with van der Waals surface area (Å²) in [5.41, 5.74) is -0.886. The fraction of sp³-hybridized carbons (Fsp3) is 0.357. The number of carboxylic acid groups (broad SMARTS) is 1. The fourth-order valence-electron chi connectivity index (χ4n) is 1.89. The third-order valence-electron chi connectivity index (χ3n) is 3.00. The first kappa shape index (κ1) is 17.9. The van der Waals surface area contributed by atoms with Gasteiger partial charge in [0, 0.05) is 12.5 Å². The smallest absolute Gasteiger partial charge is 0.331 e. The number of thiazole rings is 1. The number of ether oxygens (including phenoxy) is 1. The Morgan fingerprint density at radius 1 is 1.48 bits per heavy atom. The quantitative estimate of drug-likeness (QED) is 0.777. The van der Waals surface area contributed by atoms with E-state index in [2.05, 4.69) is 10.3 Å². The molecule has 124 valence electrons. The molecule has 2 heterocycles. The Labute approximate surface area is 146 Å². The minimum absolute atomic E-state index is 0.00217. The van der Waals surface area contributed by atoms with E-state index < -0.39 is 17.4 Å². The van der Waals surface area contributed by atoms with Crippen LogP contribution in [-0.4, -0.2) is 41.2 Å². The van der Waals surface area contributed by atoms with Gasteiger partial charge in [-0.1, -0.05) is 11.6 Å². The molecule has 0 aromatic carbocycles. The molecule has 0 bridgehead atoms. The second-order valence-corrected chi connectivity index (χ2v) is 7.62. The molecule has 1 unspecified atom stereocenters. The summed E-state index contributed by atoms with van der Waals surface area (Å²) in [5, 5.41) is 14.2. The molecule has 23 heavy (non-hydrogen) atoms. The largest absolute Gasteiger partial charge is 0.479 e. The van der Waals surface area contributed by atoms with E-state index in [9.17, 15) is 14.7 Å². The third-order valence-corrected chi connectivity index (χ3v) is 5.29. The second kappa shape index (κ2) is 7.39. The number of carboxylic acids is 1. The number of amides is 1. The zero-order valence-electron chi connectivity index (χ0n) is 12.5. The SMILES string of the molecule is COCC(C)(NC(=O)Cc1csc(-c2ccc(Cl)s2)n1)C(=O)O. The van der Waals surface area contributed by atoms with Crippen LogP contribution in [0.25, 0.3) is 9.88 Å². The van der Waals surface area contributed by atoms with E-state index in [1.807, 2.05) is 6.07 Å². The van der Waals surface area contributed by atoms with Gasteiger partial charge in [-0.2, -0.15) is 0 Å². The van der Waals surface area contributed by atoms with Crippen LogP contribution >= 0.6 is 34.3 Å². The van der Waals surface area contributed by atoms with Crippen molar-refractivity contribution in [3.63, 3.8) is 0 Å². The lowest BCUT2D eigenvalue weighted by atomic mass is 10.0. The predicted molar refractivity (Wildman–Crippen MR) is 90.2 cm³/mol. The number of nitrogens with one attached hydrogen (secondary N) is 1. The molecule has 2 N–H and O–H groups in total. The number of methoxy groups -OCH3 is 1. The molecule has 2 rings (SSSR count). The zero-order valence-corrected chi connectivity index (χ0v) is 14.8. The van der Waals surface area contributed by atoms with Crippen molar-refractivity contribution in [1.82, 2.24) is 10.3 Å². The number of hydrogen-bond acceptors (Lipinski definition) is 6. The Kier molecular flexibility index (Phi) is 5.74. The van der Waals surface area contributed by atoms with Crippen molar-refractivity contribution in [1.29, 1.82) is 0 Å². The van der Waals surface area contributed by atoms with E-state index in [1.54, 1.807) is 11.4 Å². The van der Waals surface area contributed by atoms with Gasteiger partial charge in [-0.25, -0.2) is 9.78 Å². The Hall–Kier alpha value is -1.48. The van der Waals surface area contributed by atoms with Crippen molar-refractivity contribution in [2.45, 2.75) is 18.9 Å². The van der Waals surface area contributed by atoms with Crippen LogP contribution in [0.5, 0.6) is 0 Å². The molecule has 9 heteroatoms. The summed E-state index contributed by atoms with van der Waals surface area (Å²) in [6.07, 6.45) is 0.00217. The molecule has 0 fully saturated rings. The average Bonchev–Trinajstić information content (AvgIpc) is 3.07. The highest BCUT2D eigenvalue weighted by molar-refractivity contribution is 7.23. The van der Waals surface area contributed by atoms with E-state index in [0.29, 0.717) is 10.0 Å². The summed E-state index contributed by atoms with van der Waals surface area (Å²) in [7, 11) is 1.38. The highest BCUT2D eigenvalue weighted by atomic mass is 35.5. The lowest BCUT2D eigenvalue weighted by molar-refractivity contribution is -0.149. The number of carbonyl (C=O) groups is 2. The average molecular weight is 375 g/mol. The molecule has 0 aliphatic carbocycles. The number of nitrogens with zero attached hydrogens (tertiary/aromatic N) is 1. The number of rotatable bonds is 7. The maximum absolute atomic E-state index is 12.1. The lowest BCUT2D eigenvalue weighted by Crippen LogP contribution is -2.55. The Balaban J connectivity index is 2.03. The van der Waals surface area contributed by atoms with E-state index >= 15 is 0 Å². The normalized spacial score (nSPS) is 13.5. The van der Waals surface area contributed by atoms with Crippen LogP contribution in [0.15, 0.2) is 17.5 Å². The minimum atomic E-state index is -1.47. The number of halogens is 1. The topological polar surface area (TPSA) is 88.5 Å². The van der Waals surface area contributed by atoms with E-state index in [4.69, 9.17) is 16.3 Å². The second-order valence-electron chi connectivity index (χ2n) is 5.04. The molecule has 0 radical (unpaired) electrons. The van der Waals surface area contributed by atoms with Crippen LogP contribution in [0.3, 0.4) is 0 Å². The van der Waals surface area contributed by atoms with Crippen molar-refractivity contribution in [3.8, 4) is 9.88 Å². The first-order chi connectivity index (χ1) is 10.8. The molecular weight excluding hydrogens is 360 g/mol. The van der Waals surface area contributed by atoms with Crippen LogP contribution in [0, 0.1) is 0 Å². The number of hydrogen-bond donors (Lipinski definition) is 2. The van der Waals surface area contributed by atoms with Crippen molar-refractivity contribution in [3.05, 3.63) is 27.5 Å². The maximum atomic E-state index is 12.1. The lowest BCUT2D eigenvalue weighted by Gasteiger charge is -2.25. The molecule has 6 nitrogen and oxygen atoms in total. The molecule has 0 aliphatic heterocycles. The minimum Gasteiger partial charge on any atom is -0.479 e. The monoisotopic (exact) mass is 374 g/mol. The summed E-state index contributed by atoms with van der Waals surface area (Å²) in [6, 6.07) is 3.66. The standard InChI is InChI=1S/C14H15ClN2O4S2/c1-14(7-21-2,13(19)20)17-11(18)5-8-6-22-12(16-8)9-3-4-10(15)23-9/h3-4,6H,5,7H2,1-2H3,(H,17,18)(H,19,20). The number of thiophene rings is 1. The van der Waals surface area contributed by atoms with Gasteiger partial charge in [-0.05, 0) is 19.1 Å². The van der Waals surface area contributed by atoms with E-state index in [0.717, 1.165) is 9.88 Å². The van der Waals surface area contributed by atoms with Crippen molar-refractivity contribution >= 4 is 46.2 Å². The van der Waals surface area contributed by atoms with Gasteiger partial charge in [0.25, 0.3) is 0 Å². The van der Waals surface area contributed by atoms with Gasteiger partial charge in [0.1, 0.15) is 5.01 Å². The molecular formula is C14H15ClN2O4S2. The number of carbonyl (C=O) groups excluding carboxylic acids is 1. The molecule has 1 amide bonds. The summed E-state index contributed by atoms with van der Waals surface area (Å²) < 4.78 is 5.54. The predicted octanol–water partition coefficient (Wildman–Crippen LogP) is 2.67. The Bertz CT molecular complexity index is 715. The third kappa shape index (κ3) is 4.51. The molecule has 2 aromatic rings. The van der Waals surface area contributed by atoms with Crippen LogP contribution in [0.1, 0.15) is 12.6 Å². The van der Waals surface area contributed by atoms with E-state index in [1.165, 1.54) is 36.7 Å². The fourth-order valence-corrected chi connectivity index (χ4v) is 3.82. The maximum Gasteiger partial charge on any atom is 0.331 e. The number of aliphatic carboxylic acids is 1. The van der Waals surface area contributed by atoms with Gasteiger partial charge in [-0.15, -0.1) is 22.7 Å². The van der Waals surface area contributed by atoms with Gasteiger partial charge in [0.05, 0.1) is 27.9 Å². The number of aromatic nitrogens is 1. The molecule has 2 aromatic heterocycles. The first-order valence-electron chi connectivity index (χ1n) is 6.57. The van der Waals surface area contributed by atoms with Crippen LogP contribution in [-0.2, 0) is 20.7 Å². The highest BCUT2D eigenvalue weighted by Gasteiger charge is 2.35. The summed E-state index contributed by atoms with van der Waals surface area (Å²) in [4.78, 5) is 28.7. The van der Waals surface area contributed by atoms with Gasteiger partial charge in [0.15, 0.2) is 5.54 Å².